The summed E-state index contributed by atoms with van der Waals surface area (Å²) < 4.78 is 25.1. The molecule has 14 heteroatoms. The molecule has 0 bridgehead atoms. The number of hydrogen-bond acceptors (Lipinski definition) is 14. The van der Waals surface area contributed by atoms with Gasteiger partial charge in [-0.1, -0.05) is 0 Å². The lowest BCUT2D eigenvalue weighted by Crippen LogP contribution is -2.64. The maximum absolute atomic E-state index is 11.8. The van der Waals surface area contributed by atoms with Crippen molar-refractivity contribution < 1.29 is 69.0 Å². The molecule has 2 heterocycles. The molecule has 0 spiro atoms. The second-order valence-electron chi connectivity index (χ2n) is 7.10. The topological polar surface area (TPSA) is 222 Å². The predicted octanol–water partition coefficient (Wildman–Crippen LogP) is -4.89. The van der Waals surface area contributed by atoms with Crippen LogP contribution in [0, 0.1) is 0 Å². The number of rotatable bonds is 8. The zero-order chi connectivity index (χ0) is 23.3. The SMILES string of the molecule is COC(=O)CCC(=O)OCC1OC(O)C(O)C(O)C1OC1OC(CO)C(O)C(O)C1O. The van der Waals surface area contributed by atoms with Gasteiger partial charge in [0.25, 0.3) is 0 Å². The molecule has 14 nitrogen and oxygen atoms in total. The third-order valence-corrected chi connectivity index (χ3v) is 4.97. The van der Waals surface area contributed by atoms with Crippen LogP contribution < -0.4 is 0 Å². The van der Waals surface area contributed by atoms with Crippen molar-refractivity contribution in [1.82, 2.24) is 0 Å². The number of methoxy groups -OCH3 is 1. The Hall–Kier alpha value is -1.46. The van der Waals surface area contributed by atoms with E-state index in [1.165, 1.54) is 0 Å². The maximum atomic E-state index is 11.8. The molecule has 7 N–H and O–H groups in total. The van der Waals surface area contributed by atoms with Crippen LogP contribution in [0.25, 0.3) is 0 Å². The lowest BCUT2D eigenvalue weighted by Gasteiger charge is -2.45. The lowest BCUT2D eigenvalue weighted by atomic mass is 9.97. The molecule has 180 valence electrons. The Balaban J connectivity index is 2.06. The molecule has 10 atom stereocenters. The van der Waals surface area contributed by atoms with E-state index >= 15 is 0 Å². The minimum atomic E-state index is -1.86. The Morgan fingerprint density at radius 3 is 2.06 bits per heavy atom. The van der Waals surface area contributed by atoms with Gasteiger partial charge in [-0.3, -0.25) is 9.59 Å². The number of ether oxygens (including phenoxy) is 5. The van der Waals surface area contributed by atoms with E-state index in [2.05, 4.69) is 4.74 Å². The third-order valence-electron chi connectivity index (χ3n) is 4.97. The molecule has 31 heavy (non-hydrogen) atoms. The van der Waals surface area contributed by atoms with Crippen molar-refractivity contribution in [3.05, 3.63) is 0 Å². The second-order valence-corrected chi connectivity index (χ2v) is 7.10. The molecule has 0 aromatic heterocycles. The van der Waals surface area contributed by atoms with E-state index in [-0.39, 0.29) is 12.8 Å². The van der Waals surface area contributed by atoms with Crippen LogP contribution in [0.4, 0.5) is 0 Å². The first kappa shape index (κ1) is 25.8. The molecule has 2 rings (SSSR count). The van der Waals surface area contributed by atoms with Gasteiger partial charge in [0, 0.05) is 0 Å². The quantitative estimate of drug-likeness (QED) is 0.170. The first-order chi connectivity index (χ1) is 14.6. The number of carbonyl (C=O) groups excluding carboxylic acids is 2. The minimum absolute atomic E-state index is 0.240. The van der Waals surface area contributed by atoms with Crippen molar-refractivity contribution in [3.8, 4) is 0 Å². The van der Waals surface area contributed by atoms with Crippen LogP contribution in [0.5, 0.6) is 0 Å². The van der Waals surface area contributed by atoms with Crippen molar-refractivity contribution in [3.63, 3.8) is 0 Å². The average molecular weight is 456 g/mol. The Morgan fingerprint density at radius 2 is 1.45 bits per heavy atom. The van der Waals surface area contributed by atoms with Gasteiger partial charge in [0.05, 0.1) is 26.6 Å². The van der Waals surface area contributed by atoms with E-state index < -0.39 is 86.6 Å². The smallest absolute Gasteiger partial charge is 0.306 e. The second kappa shape index (κ2) is 11.4. The summed E-state index contributed by atoms with van der Waals surface area (Å²) in [5.41, 5.74) is 0. The molecule has 0 amide bonds. The Bertz CT molecular complexity index is 599. The van der Waals surface area contributed by atoms with Crippen LogP contribution in [0.2, 0.25) is 0 Å². The predicted molar refractivity (Wildman–Crippen MR) is 93.7 cm³/mol. The highest BCUT2D eigenvalue weighted by molar-refractivity contribution is 5.77. The minimum Gasteiger partial charge on any atom is -0.469 e. The summed E-state index contributed by atoms with van der Waals surface area (Å²) in [6, 6.07) is 0. The van der Waals surface area contributed by atoms with Crippen LogP contribution in [0.3, 0.4) is 0 Å². The fourth-order valence-electron chi connectivity index (χ4n) is 3.11. The molecule has 0 aromatic carbocycles. The summed E-state index contributed by atoms with van der Waals surface area (Å²) in [4.78, 5) is 22.9. The molecule has 0 saturated carbocycles. The number of esters is 2. The normalized spacial score (nSPS) is 40.9. The molecule has 10 unspecified atom stereocenters. The first-order valence-corrected chi connectivity index (χ1v) is 9.48. The van der Waals surface area contributed by atoms with E-state index in [0.29, 0.717) is 0 Å². The van der Waals surface area contributed by atoms with Crippen molar-refractivity contribution in [2.75, 3.05) is 20.3 Å². The van der Waals surface area contributed by atoms with E-state index in [4.69, 9.17) is 18.9 Å². The highest BCUT2D eigenvalue weighted by Crippen LogP contribution is 2.28. The van der Waals surface area contributed by atoms with Gasteiger partial charge in [0.2, 0.25) is 0 Å². The van der Waals surface area contributed by atoms with E-state index in [0.717, 1.165) is 7.11 Å². The Kier molecular flexibility index (Phi) is 9.50. The van der Waals surface area contributed by atoms with E-state index in [9.17, 15) is 45.3 Å². The number of aliphatic hydroxyl groups is 7. The summed E-state index contributed by atoms with van der Waals surface area (Å²) in [7, 11) is 1.15. The van der Waals surface area contributed by atoms with Gasteiger partial charge in [0.15, 0.2) is 12.6 Å². The summed E-state index contributed by atoms with van der Waals surface area (Å²) in [5.74, 6) is -1.46. The molecule has 2 aliphatic heterocycles. The summed E-state index contributed by atoms with van der Waals surface area (Å²) in [6.45, 7) is -1.31. The van der Waals surface area contributed by atoms with Crippen molar-refractivity contribution >= 4 is 11.9 Å². The van der Waals surface area contributed by atoms with Crippen LogP contribution in [0.15, 0.2) is 0 Å². The van der Waals surface area contributed by atoms with Gasteiger partial charge in [-0.15, -0.1) is 0 Å². The molecule has 0 aromatic rings. The van der Waals surface area contributed by atoms with Gasteiger partial charge >= 0.3 is 11.9 Å². The van der Waals surface area contributed by atoms with Gasteiger partial charge in [0.1, 0.15) is 55.4 Å². The van der Waals surface area contributed by atoms with Crippen molar-refractivity contribution in [2.45, 2.75) is 74.3 Å². The molecular weight excluding hydrogens is 428 g/mol. The number of carbonyl (C=O) groups is 2. The number of hydrogen-bond donors (Lipinski definition) is 7. The van der Waals surface area contributed by atoms with Gasteiger partial charge in [-0.05, 0) is 0 Å². The zero-order valence-electron chi connectivity index (χ0n) is 16.6. The summed E-state index contributed by atoms with van der Waals surface area (Å²) in [6.07, 6.45) is -17.1. The fourth-order valence-corrected chi connectivity index (χ4v) is 3.11. The van der Waals surface area contributed by atoms with Gasteiger partial charge < -0.3 is 59.4 Å². The highest BCUT2D eigenvalue weighted by Gasteiger charge is 2.50. The van der Waals surface area contributed by atoms with E-state index in [1.807, 2.05) is 0 Å². The Labute approximate surface area is 176 Å². The Morgan fingerprint density at radius 1 is 0.806 bits per heavy atom. The van der Waals surface area contributed by atoms with Crippen molar-refractivity contribution in [2.24, 2.45) is 0 Å². The maximum Gasteiger partial charge on any atom is 0.306 e. The van der Waals surface area contributed by atoms with Crippen LogP contribution >= 0.6 is 0 Å². The molecule has 2 fully saturated rings. The summed E-state index contributed by atoms with van der Waals surface area (Å²) in [5, 5.41) is 69.0. The lowest BCUT2D eigenvalue weighted by molar-refractivity contribution is -0.355. The molecule has 2 aliphatic rings. The largest absolute Gasteiger partial charge is 0.469 e. The van der Waals surface area contributed by atoms with Crippen LogP contribution in [-0.4, -0.2) is 129 Å². The molecule has 0 aliphatic carbocycles. The standard InChI is InChI=1S/C17H28O14/c1-27-8(19)2-3-9(20)28-5-7-15(12(23)13(24)16(26)29-7)31-17-14(25)11(22)10(21)6(4-18)30-17/h6-7,10-18,21-26H,2-5H2,1H3. The van der Waals surface area contributed by atoms with Crippen LogP contribution in [0.1, 0.15) is 12.8 Å². The molecular formula is C17H28O14. The monoisotopic (exact) mass is 456 g/mol. The zero-order valence-corrected chi connectivity index (χ0v) is 16.6. The average Bonchev–Trinajstić information content (AvgIpc) is 2.76. The first-order valence-electron chi connectivity index (χ1n) is 9.48. The number of aliphatic hydroxyl groups excluding tert-OH is 7. The fraction of sp³-hybridized carbons (Fsp3) is 0.882. The molecule has 2 saturated heterocycles. The van der Waals surface area contributed by atoms with E-state index in [1.54, 1.807) is 0 Å². The van der Waals surface area contributed by atoms with Gasteiger partial charge in [-0.25, -0.2) is 0 Å². The third kappa shape index (κ3) is 6.29. The summed E-state index contributed by atoms with van der Waals surface area (Å²) >= 11 is 0. The van der Waals surface area contributed by atoms with Crippen LogP contribution in [-0.2, 0) is 33.3 Å². The van der Waals surface area contributed by atoms with Gasteiger partial charge in [-0.2, -0.15) is 0 Å². The van der Waals surface area contributed by atoms with Crippen molar-refractivity contribution in [1.29, 1.82) is 0 Å². The molecule has 0 radical (unpaired) electrons. The highest BCUT2D eigenvalue weighted by atomic mass is 16.7.